The highest BCUT2D eigenvalue weighted by Crippen LogP contribution is 2.28. The molecule has 2 amide bonds. The summed E-state index contributed by atoms with van der Waals surface area (Å²) in [5.74, 6) is -0.141. The summed E-state index contributed by atoms with van der Waals surface area (Å²) in [4.78, 5) is 33.2. The fraction of sp³-hybridized carbons (Fsp3) is 0.481. The average Bonchev–Trinajstić information content (AvgIpc) is 3.08. The zero-order chi connectivity index (χ0) is 23.5. The molecule has 180 valence electrons. The number of nitrogens with zero attached hydrogens (tertiary/aromatic N) is 3. The number of carbonyl (C=O) groups excluding carboxylic acids is 2. The second-order valence-electron chi connectivity index (χ2n) is 9.57. The first kappa shape index (κ1) is 22.8. The Morgan fingerprint density at radius 1 is 0.912 bits per heavy atom. The fourth-order valence-electron chi connectivity index (χ4n) is 5.31. The van der Waals surface area contributed by atoms with Crippen LogP contribution in [0.5, 0.6) is 5.75 Å². The number of halogens is 1. The summed E-state index contributed by atoms with van der Waals surface area (Å²) >= 11 is 0. The third kappa shape index (κ3) is 4.94. The molecule has 2 saturated heterocycles. The number of amides is 2. The van der Waals surface area contributed by atoms with Crippen molar-refractivity contribution < 1.29 is 18.7 Å². The lowest BCUT2D eigenvalue weighted by atomic mass is 9.91. The highest BCUT2D eigenvalue weighted by Gasteiger charge is 2.43. The van der Waals surface area contributed by atoms with Gasteiger partial charge in [0.05, 0.1) is 6.54 Å². The van der Waals surface area contributed by atoms with Crippen molar-refractivity contribution in [1.82, 2.24) is 14.7 Å². The zero-order valence-corrected chi connectivity index (χ0v) is 19.4. The third-order valence-corrected chi connectivity index (χ3v) is 7.36. The van der Waals surface area contributed by atoms with E-state index in [-0.39, 0.29) is 23.7 Å². The van der Waals surface area contributed by atoms with Crippen LogP contribution in [0.1, 0.15) is 42.5 Å². The van der Waals surface area contributed by atoms with Crippen molar-refractivity contribution in [2.75, 3.05) is 32.7 Å². The van der Waals surface area contributed by atoms with Crippen molar-refractivity contribution in [2.24, 2.45) is 0 Å². The third-order valence-electron chi connectivity index (χ3n) is 7.36. The molecule has 0 aromatic heterocycles. The summed E-state index contributed by atoms with van der Waals surface area (Å²) < 4.78 is 19.7. The molecule has 0 bridgehead atoms. The molecule has 1 aliphatic carbocycles. The molecular weight excluding hydrogens is 433 g/mol. The molecule has 0 radical (unpaired) electrons. The molecule has 2 unspecified atom stereocenters. The summed E-state index contributed by atoms with van der Waals surface area (Å²) in [5, 5.41) is 0. The molecule has 34 heavy (non-hydrogen) atoms. The Bertz CT molecular complexity index is 1010. The van der Waals surface area contributed by atoms with Crippen LogP contribution < -0.4 is 4.74 Å². The van der Waals surface area contributed by atoms with Gasteiger partial charge in [0.1, 0.15) is 23.7 Å². The highest BCUT2D eigenvalue weighted by atomic mass is 19.1. The van der Waals surface area contributed by atoms with E-state index in [0.29, 0.717) is 43.4 Å². The van der Waals surface area contributed by atoms with E-state index in [1.165, 1.54) is 31.4 Å². The van der Waals surface area contributed by atoms with Crippen molar-refractivity contribution in [3.63, 3.8) is 0 Å². The molecule has 6 nitrogen and oxygen atoms in total. The Morgan fingerprint density at radius 3 is 2.47 bits per heavy atom. The van der Waals surface area contributed by atoms with E-state index in [4.69, 9.17) is 4.74 Å². The first-order valence-corrected chi connectivity index (χ1v) is 12.4. The first-order valence-electron chi connectivity index (χ1n) is 12.4. The van der Waals surface area contributed by atoms with Crippen molar-refractivity contribution in [1.29, 1.82) is 0 Å². The number of ether oxygens (including phenoxy) is 1. The van der Waals surface area contributed by atoms with E-state index < -0.39 is 6.04 Å². The minimum atomic E-state index is -0.582. The Morgan fingerprint density at radius 2 is 1.74 bits per heavy atom. The minimum absolute atomic E-state index is 0.00918. The predicted molar refractivity (Wildman–Crippen MR) is 127 cm³/mol. The molecule has 5 rings (SSSR count). The molecule has 2 aliphatic heterocycles. The molecule has 3 aliphatic rings. The largest absolute Gasteiger partial charge is 0.488 e. The number of carbonyl (C=O) groups is 2. The lowest BCUT2D eigenvalue weighted by molar-refractivity contribution is -0.135. The van der Waals surface area contributed by atoms with Gasteiger partial charge in [0.25, 0.3) is 5.91 Å². The molecule has 7 heteroatoms. The van der Waals surface area contributed by atoms with Gasteiger partial charge >= 0.3 is 0 Å². The highest BCUT2D eigenvalue weighted by molar-refractivity contribution is 5.98. The molecule has 0 N–H and O–H groups in total. The summed E-state index contributed by atoms with van der Waals surface area (Å²) in [6.45, 7) is 3.61. The molecular formula is C27H32FN3O3. The smallest absolute Gasteiger partial charge is 0.254 e. The van der Waals surface area contributed by atoms with Gasteiger partial charge in [-0.15, -0.1) is 0 Å². The van der Waals surface area contributed by atoms with Gasteiger partial charge in [-0.3, -0.25) is 14.5 Å². The minimum Gasteiger partial charge on any atom is -0.488 e. The van der Waals surface area contributed by atoms with Crippen LogP contribution >= 0.6 is 0 Å². The van der Waals surface area contributed by atoms with Gasteiger partial charge in [-0.2, -0.15) is 0 Å². The normalized spacial score (nSPS) is 23.9. The second-order valence-corrected chi connectivity index (χ2v) is 9.57. The molecule has 2 aromatic carbocycles. The fourth-order valence-corrected chi connectivity index (χ4v) is 5.31. The second kappa shape index (κ2) is 10.1. The van der Waals surface area contributed by atoms with Crippen molar-refractivity contribution in [3.05, 3.63) is 66.0 Å². The average molecular weight is 466 g/mol. The summed E-state index contributed by atoms with van der Waals surface area (Å²) in [6.07, 6.45) is 4.79. The Balaban J connectivity index is 1.32. The maximum atomic E-state index is 13.7. The van der Waals surface area contributed by atoms with Crippen LogP contribution in [-0.4, -0.2) is 77.4 Å². The molecule has 2 atom stereocenters. The van der Waals surface area contributed by atoms with Crippen LogP contribution in [0.25, 0.3) is 0 Å². The van der Waals surface area contributed by atoms with Gasteiger partial charge in [-0.1, -0.05) is 30.7 Å². The summed E-state index contributed by atoms with van der Waals surface area (Å²) in [6, 6.07) is 15.1. The SMILES string of the molecule is O=C(C1CC(Oc2cccc(F)c2)CN1C(=O)c1ccccc1)N1CCCN(C2CCC2)CC1. The van der Waals surface area contributed by atoms with E-state index in [0.717, 1.165) is 19.5 Å². The van der Waals surface area contributed by atoms with E-state index >= 15 is 0 Å². The first-order chi connectivity index (χ1) is 16.6. The van der Waals surface area contributed by atoms with Gasteiger partial charge in [-0.25, -0.2) is 4.39 Å². The number of likely N-dealkylation sites (tertiary alicyclic amines) is 1. The van der Waals surface area contributed by atoms with Crippen LogP contribution in [0.3, 0.4) is 0 Å². The topological polar surface area (TPSA) is 53.1 Å². The number of benzene rings is 2. The maximum absolute atomic E-state index is 13.7. The van der Waals surface area contributed by atoms with Crippen molar-refractivity contribution in [3.8, 4) is 5.75 Å². The van der Waals surface area contributed by atoms with E-state index in [1.54, 1.807) is 29.2 Å². The van der Waals surface area contributed by atoms with Gasteiger partial charge in [0, 0.05) is 50.3 Å². The van der Waals surface area contributed by atoms with Crippen LogP contribution in [-0.2, 0) is 4.79 Å². The number of rotatable bonds is 5. The molecule has 3 fully saturated rings. The van der Waals surface area contributed by atoms with Gasteiger partial charge in [0.15, 0.2) is 0 Å². The summed E-state index contributed by atoms with van der Waals surface area (Å²) in [7, 11) is 0. The molecule has 1 saturated carbocycles. The number of hydrogen-bond acceptors (Lipinski definition) is 4. The van der Waals surface area contributed by atoms with Crippen molar-refractivity contribution >= 4 is 11.8 Å². The van der Waals surface area contributed by atoms with Crippen LogP contribution in [0.4, 0.5) is 4.39 Å². The Kier molecular flexibility index (Phi) is 6.81. The van der Waals surface area contributed by atoms with E-state index in [9.17, 15) is 14.0 Å². The molecule has 2 aromatic rings. The Hall–Kier alpha value is -2.93. The van der Waals surface area contributed by atoms with Crippen molar-refractivity contribution in [2.45, 2.75) is 50.3 Å². The van der Waals surface area contributed by atoms with E-state index in [1.807, 2.05) is 23.1 Å². The lowest BCUT2D eigenvalue weighted by Gasteiger charge is -2.36. The van der Waals surface area contributed by atoms with E-state index in [2.05, 4.69) is 4.90 Å². The number of hydrogen-bond donors (Lipinski definition) is 0. The van der Waals surface area contributed by atoms with Crippen LogP contribution in [0.2, 0.25) is 0 Å². The van der Waals surface area contributed by atoms with Crippen LogP contribution in [0.15, 0.2) is 54.6 Å². The van der Waals surface area contributed by atoms with Crippen LogP contribution in [0, 0.1) is 5.82 Å². The lowest BCUT2D eigenvalue weighted by Crippen LogP contribution is -2.49. The standard InChI is InChI=1S/C27H32FN3O3/c28-21-9-4-12-23(17-21)34-24-18-25(31(19-24)26(32)20-7-2-1-3-8-20)27(33)30-14-6-13-29(15-16-30)22-10-5-11-22/h1-4,7-9,12,17,22,24-25H,5-6,10-11,13-16,18-19H2. The summed E-state index contributed by atoms with van der Waals surface area (Å²) in [5.41, 5.74) is 0.554. The molecule has 2 heterocycles. The maximum Gasteiger partial charge on any atom is 0.254 e. The Labute approximate surface area is 200 Å². The van der Waals surface area contributed by atoms with Gasteiger partial charge in [-0.05, 0) is 43.5 Å². The quantitative estimate of drug-likeness (QED) is 0.678. The zero-order valence-electron chi connectivity index (χ0n) is 19.4. The van der Waals surface area contributed by atoms with Gasteiger partial charge in [0.2, 0.25) is 5.91 Å². The monoisotopic (exact) mass is 465 g/mol. The predicted octanol–water partition coefficient (Wildman–Crippen LogP) is 3.57. The molecule has 0 spiro atoms. The van der Waals surface area contributed by atoms with Gasteiger partial charge < -0.3 is 14.5 Å².